The van der Waals surface area contributed by atoms with Crippen LogP contribution in [-0.4, -0.2) is 5.97 Å². The molecule has 20 heavy (non-hydrogen) atoms. The van der Waals surface area contributed by atoms with Gasteiger partial charge in [0.25, 0.3) is 0 Å². The highest BCUT2D eigenvalue weighted by atomic mass is 19.2. The number of rotatable bonds is 3. The number of carbonyl (C=O) groups excluding carboxylic acids is 1. The number of carbonyl (C=O) groups is 1. The number of esters is 1. The lowest BCUT2D eigenvalue weighted by molar-refractivity contribution is 0.0469. The molecule has 3 nitrogen and oxygen atoms in total. The Morgan fingerprint density at radius 2 is 1.90 bits per heavy atom. The molecule has 104 valence electrons. The van der Waals surface area contributed by atoms with Crippen LogP contribution in [0.15, 0.2) is 36.4 Å². The molecule has 0 atom stereocenters. The lowest BCUT2D eigenvalue weighted by Gasteiger charge is -2.09. The van der Waals surface area contributed by atoms with Gasteiger partial charge in [-0.1, -0.05) is 24.3 Å². The van der Waals surface area contributed by atoms with E-state index in [0.29, 0.717) is 5.69 Å². The van der Waals surface area contributed by atoms with E-state index < -0.39 is 17.6 Å². The summed E-state index contributed by atoms with van der Waals surface area (Å²) in [6.07, 6.45) is 0. The van der Waals surface area contributed by atoms with Crippen LogP contribution in [0.2, 0.25) is 0 Å². The van der Waals surface area contributed by atoms with E-state index >= 15 is 0 Å². The molecule has 0 bridgehead atoms. The van der Waals surface area contributed by atoms with Crippen molar-refractivity contribution in [3.63, 3.8) is 0 Å². The number of nitrogen functional groups attached to an aromatic ring is 1. The molecule has 0 saturated carbocycles. The first-order valence-electron chi connectivity index (χ1n) is 5.96. The summed E-state index contributed by atoms with van der Waals surface area (Å²) in [5.41, 5.74) is 7.02. The van der Waals surface area contributed by atoms with Crippen LogP contribution in [0.5, 0.6) is 0 Å². The second-order valence-electron chi connectivity index (χ2n) is 4.33. The van der Waals surface area contributed by atoms with Crippen molar-refractivity contribution in [2.45, 2.75) is 13.5 Å². The Labute approximate surface area is 115 Å². The van der Waals surface area contributed by atoms with Crippen LogP contribution in [0.25, 0.3) is 0 Å². The van der Waals surface area contributed by atoms with Crippen LogP contribution in [0.1, 0.15) is 21.5 Å². The van der Waals surface area contributed by atoms with Gasteiger partial charge in [0.2, 0.25) is 0 Å². The van der Waals surface area contributed by atoms with Gasteiger partial charge in [-0.3, -0.25) is 0 Å². The molecule has 0 amide bonds. The zero-order chi connectivity index (χ0) is 14.7. The first-order chi connectivity index (χ1) is 9.50. The molecule has 5 heteroatoms. The van der Waals surface area contributed by atoms with Gasteiger partial charge >= 0.3 is 5.97 Å². The van der Waals surface area contributed by atoms with E-state index in [1.54, 1.807) is 19.1 Å². The van der Waals surface area contributed by atoms with Crippen LogP contribution >= 0.6 is 0 Å². The minimum absolute atomic E-state index is 0.0235. The van der Waals surface area contributed by atoms with Crippen LogP contribution in [-0.2, 0) is 11.3 Å². The molecule has 0 unspecified atom stereocenters. The Hall–Kier alpha value is -2.43. The average molecular weight is 277 g/mol. The highest BCUT2D eigenvalue weighted by Gasteiger charge is 2.14. The van der Waals surface area contributed by atoms with Crippen molar-refractivity contribution in [2.24, 2.45) is 0 Å². The third-order valence-corrected chi connectivity index (χ3v) is 2.93. The van der Waals surface area contributed by atoms with E-state index in [-0.39, 0.29) is 17.7 Å². The number of ether oxygens (including phenoxy) is 1. The third-order valence-electron chi connectivity index (χ3n) is 2.93. The Morgan fingerprint density at radius 1 is 1.20 bits per heavy atom. The van der Waals surface area contributed by atoms with E-state index in [2.05, 4.69) is 0 Å². The molecular weight excluding hydrogens is 264 g/mol. The van der Waals surface area contributed by atoms with Crippen molar-refractivity contribution in [2.75, 3.05) is 5.73 Å². The molecule has 2 aromatic rings. The van der Waals surface area contributed by atoms with Crippen molar-refractivity contribution in [1.82, 2.24) is 0 Å². The molecule has 2 aromatic carbocycles. The topological polar surface area (TPSA) is 52.3 Å². The minimum atomic E-state index is -1.02. The van der Waals surface area contributed by atoms with Gasteiger partial charge < -0.3 is 10.5 Å². The molecule has 0 aromatic heterocycles. The lowest BCUT2D eigenvalue weighted by atomic mass is 10.1. The van der Waals surface area contributed by atoms with E-state index in [4.69, 9.17) is 10.5 Å². The van der Waals surface area contributed by atoms with Gasteiger partial charge in [-0.2, -0.15) is 0 Å². The summed E-state index contributed by atoms with van der Waals surface area (Å²) in [5.74, 6) is -2.67. The SMILES string of the molecule is Cc1cccc(C(=O)OCc2cccc(F)c2F)c1N. The Bertz CT molecular complexity index is 656. The second-order valence-corrected chi connectivity index (χ2v) is 4.33. The Kier molecular flexibility index (Phi) is 3.98. The van der Waals surface area contributed by atoms with Crippen molar-refractivity contribution < 1.29 is 18.3 Å². The highest BCUT2D eigenvalue weighted by Crippen LogP contribution is 2.19. The second kappa shape index (κ2) is 5.69. The predicted molar refractivity (Wildman–Crippen MR) is 71.1 cm³/mol. The summed E-state index contributed by atoms with van der Waals surface area (Å²) >= 11 is 0. The summed E-state index contributed by atoms with van der Waals surface area (Å²) in [6, 6.07) is 8.66. The molecule has 0 radical (unpaired) electrons. The van der Waals surface area contributed by atoms with Gasteiger partial charge in [-0.15, -0.1) is 0 Å². The summed E-state index contributed by atoms with van der Waals surface area (Å²) in [4.78, 5) is 11.9. The molecule has 0 aliphatic heterocycles. The van der Waals surface area contributed by atoms with Crippen LogP contribution in [0, 0.1) is 18.6 Å². The normalized spacial score (nSPS) is 10.3. The number of nitrogens with two attached hydrogens (primary N) is 1. The van der Waals surface area contributed by atoms with E-state index in [9.17, 15) is 13.6 Å². The lowest BCUT2D eigenvalue weighted by Crippen LogP contribution is -2.10. The van der Waals surface area contributed by atoms with Crippen molar-refractivity contribution >= 4 is 11.7 Å². The van der Waals surface area contributed by atoms with Gasteiger partial charge in [0.1, 0.15) is 6.61 Å². The van der Waals surface area contributed by atoms with E-state index in [1.165, 1.54) is 18.2 Å². The van der Waals surface area contributed by atoms with Crippen molar-refractivity contribution in [3.8, 4) is 0 Å². The zero-order valence-corrected chi connectivity index (χ0v) is 10.8. The van der Waals surface area contributed by atoms with Gasteiger partial charge in [-0.25, -0.2) is 13.6 Å². The largest absolute Gasteiger partial charge is 0.457 e. The van der Waals surface area contributed by atoms with Crippen molar-refractivity contribution in [1.29, 1.82) is 0 Å². The zero-order valence-electron chi connectivity index (χ0n) is 10.8. The minimum Gasteiger partial charge on any atom is -0.457 e. The van der Waals surface area contributed by atoms with Crippen LogP contribution in [0.4, 0.5) is 14.5 Å². The summed E-state index contributed by atoms with van der Waals surface area (Å²) in [5, 5.41) is 0. The molecule has 0 saturated heterocycles. The average Bonchev–Trinajstić information content (AvgIpc) is 2.43. The van der Waals surface area contributed by atoms with E-state index in [1.807, 2.05) is 0 Å². The maximum atomic E-state index is 13.4. The summed E-state index contributed by atoms with van der Waals surface area (Å²) in [6.45, 7) is 1.41. The van der Waals surface area contributed by atoms with Gasteiger partial charge in [0, 0.05) is 11.3 Å². The highest BCUT2D eigenvalue weighted by molar-refractivity contribution is 5.95. The summed E-state index contributed by atoms with van der Waals surface area (Å²) in [7, 11) is 0. The Balaban J connectivity index is 2.13. The quantitative estimate of drug-likeness (QED) is 0.692. The molecule has 2 N–H and O–H groups in total. The number of hydrogen-bond acceptors (Lipinski definition) is 3. The smallest absolute Gasteiger partial charge is 0.340 e. The third kappa shape index (κ3) is 2.77. The summed E-state index contributed by atoms with van der Waals surface area (Å²) < 4.78 is 31.4. The molecule has 0 spiro atoms. The predicted octanol–water partition coefficient (Wildman–Crippen LogP) is 3.21. The first-order valence-corrected chi connectivity index (χ1v) is 5.96. The maximum Gasteiger partial charge on any atom is 0.340 e. The molecule has 0 aliphatic rings. The monoisotopic (exact) mass is 277 g/mol. The standard InChI is InChI=1S/C15H13F2NO2/c1-9-4-2-6-11(14(9)18)15(19)20-8-10-5-3-7-12(16)13(10)17/h2-7H,8,18H2,1H3. The number of halogens is 2. The number of benzene rings is 2. The number of anilines is 1. The molecular formula is C15H13F2NO2. The van der Waals surface area contributed by atoms with Gasteiger partial charge in [0.15, 0.2) is 11.6 Å². The number of aryl methyl sites for hydroxylation is 1. The Morgan fingerprint density at radius 3 is 2.65 bits per heavy atom. The van der Waals surface area contributed by atoms with Crippen LogP contribution in [0.3, 0.4) is 0 Å². The first kappa shape index (κ1) is 14.0. The fraction of sp³-hybridized carbons (Fsp3) is 0.133. The molecule has 0 heterocycles. The molecule has 0 aliphatic carbocycles. The van der Waals surface area contributed by atoms with Crippen molar-refractivity contribution in [3.05, 3.63) is 64.7 Å². The van der Waals surface area contributed by atoms with Gasteiger partial charge in [0.05, 0.1) is 5.56 Å². The molecule has 0 fully saturated rings. The van der Waals surface area contributed by atoms with Crippen LogP contribution < -0.4 is 5.73 Å². The van der Waals surface area contributed by atoms with Gasteiger partial charge in [-0.05, 0) is 24.6 Å². The maximum absolute atomic E-state index is 13.4. The van der Waals surface area contributed by atoms with E-state index in [0.717, 1.165) is 11.6 Å². The fourth-order valence-electron chi connectivity index (χ4n) is 1.74. The number of para-hydroxylation sites is 1. The molecule has 2 rings (SSSR count). The fourth-order valence-corrected chi connectivity index (χ4v) is 1.74. The number of hydrogen-bond donors (Lipinski definition) is 1.